The monoisotopic (exact) mass is 373 g/mol. The van der Waals surface area contributed by atoms with Crippen LogP contribution in [0, 0.1) is 0 Å². The van der Waals surface area contributed by atoms with Gasteiger partial charge in [-0.1, -0.05) is 54.6 Å². The minimum atomic E-state index is -0.518. The average Bonchev–Trinajstić information content (AvgIpc) is 2.73. The van der Waals surface area contributed by atoms with E-state index >= 15 is 0 Å². The highest BCUT2D eigenvalue weighted by molar-refractivity contribution is 5.87. The largest absolute Gasteiger partial charge is 0.462 e. The number of benzene rings is 2. The zero-order chi connectivity index (χ0) is 19.8. The zero-order valence-electron chi connectivity index (χ0n) is 15.8. The second-order valence-corrected chi connectivity index (χ2v) is 6.51. The summed E-state index contributed by atoms with van der Waals surface area (Å²) in [6.45, 7) is 2.09. The quantitative estimate of drug-likeness (QED) is 0.486. The van der Waals surface area contributed by atoms with Gasteiger partial charge in [-0.05, 0) is 41.8 Å². The van der Waals surface area contributed by atoms with E-state index in [2.05, 4.69) is 4.98 Å². The Labute approximate surface area is 165 Å². The molecule has 3 aromatic rings. The number of aliphatic hydroxyl groups is 1. The number of nitrogens with zero attached hydrogens (tertiary/aromatic N) is 1. The molecule has 0 spiro atoms. The molecule has 0 aliphatic heterocycles. The summed E-state index contributed by atoms with van der Waals surface area (Å²) in [7, 11) is 0. The van der Waals surface area contributed by atoms with Crippen molar-refractivity contribution in [3.8, 4) is 11.3 Å². The number of aromatic nitrogens is 1. The molecular formula is C24H23NO3. The minimum absolute atomic E-state index is 0.351. The Hall–Kier alpha value is -3.24. The second-order valence-electron chi connectivity index (χ2n) is 6.51. The van der Waals surface area contributed by atoms with Crippen molar-refractivity contribution >= 4 is 12.0 Å². The summed E-state index contributed by atoms with van der Waals surface area (Å²) in [4.78, 5) is 16.3. The van der Waals surface area contributed by atoms with Crippen LogP contribution in [0.3, 0.4) is 0 Å². The molecule has 0 fully saturated rings. The van der Waals surface area contributed by atoms with E-state index in [0.29, 0.717) is 13.0 Å². The van der Waals surface area contributed by atoms with Gasteiger partial charge in [-0.2, -0.15) is 0 Å². The molecule has 142 valence electrons. The lowest BCUT2D eigenvalue weighted by Gasteiger charge is -2.07. The maximum atomic E-state index is 11.8. The van der Waals surface area contributed by atoms with Crippen molar-refractivity contribution in [1.29, 1.82) is 0 Å². The van der Waals surface area contributed by atoms with E-state index in [4.69, 9.17) is 4.74 Å². The summed E-state index contributed by atoms with van der Waals surface area (Å²) in [5.41, 5.74) is 4.55. The van der Waals surface area contributed by atoms with Crippen LogP contribution in [0.5, 0.6) is 0 Å². The van der Waals surface area contributed by atoms with E-state index in [1.807, 2.05) is 66.7 Å². The fraction of sp³-hybridized carbons (Fsp3) is 0.167. The molecule has 0 bridgehead atoms. The van der Waals surface area contributed by atoms with Crippen LogP contribution in [0.4, 0.5) is 0 Å². The number of esters is 1. The number of carbonyl (C=O) groups excluding carboxylic acids is 1. The topological polar surface area (TPSA) is 59.4 Å². The molecular weight excluding hydrogens is 350 g/mol. The van der Waals surface area contributed by atoms with E-state index in [1.165, 1.54) is 6.08 Å². The first kappa shape index (κ1) is 19.5. The van der Waals surface area contributed by atoms with Crippen LogP contribution >= 0.6 is 0 Å². The van der Waals surface area contributed by atoms with Crippen LogP contribution in [0.1, 0.15) is 29.7 Å². The fourth-order valence-electron chi connectivity index (χ4n) is 2.76. The first-order chi connectivity index (χ1) is 13.6. The number of pyridine rings is 1. The lowest BCUT2D eigenvalue weighted by Crippen LogP contribution is -2.04. The third-order valence-electron chi connectivity index (χ3n) is 4.34. The molecule has 1 atom stereocenters. The van der Waals surface area contributed by atoms with E-state index in [-0.39, 0.29) is 5.97 Å². The fourth-order valence-corrected chi connectivity index (χ4v) is 2.76. The molecule has 0 aliphatic carbocycles. The molecule has 2 aromatic carbocycles. The van der Waals surface area contributed by atoms with E-state index in [0.717, 1.165) is 27.9 Å². The summed E-state index contributed by atoms with van der Waals surface area (Å²) < 4.78 is 5.23. The molecule has 28 heavy (non-hydrogen) atoms. The first-order valence-electron chi connectivity index (χ1n) is 9.25. The van der Waals surface area contributed by atoms with Crippen molar-refractivity contribution in [3.05, 3.63) is 95.7 Å². The Bertz CT molecular complexity index is 932. The smallest absolute Gasteiger partial charge is 0.330 e. The third kappa shape index (κ3) is 5.63. The van der Waals surface area contributed by atoms with Gasteiger partial charge in [0.05, 0.1) is 18.4 Å². The number of rotatable bonds is 7. The predicted octanol–water partition coefficient (Wildman–Crippen LogP) is 4.60. The van der Waals surface area contributed by atoms with Crippen molar-refractivity contribution in [3.63, 3.8) is 0 Å². The highest BCUT2D eigenvalue weighted by Gasteiger charge is 2.04. The van der Waals surface area contributed by atoms with Crippen molar-refractivity contribution in [2.24, 2.45) is 0 Å². The van der Waals surface area contributed by atoms with Crippen LogP contribution in [0.25, 0.3) is 17.3 Å². The number of ether oxygens (including phenoxy) is 1. The number of aliphatic hydroxyl groups excluding tert-OH is 1. The lowest BCUT2D eigenvalue weighted by atomic mass is 10.0. The molecule has 0 saturated carbocycles. The summed E-state index contributed by atoms with van der Waals surface area (Å²) in [5, 5.41) is 9.71. The number of hydrogen-bond acceptors (Lipinski definition) is 4. The van der Waals surface area contributed by atoms with Gasteiger partial charge in [-0.3, -0.25) is 4.98 Å². The second kappa shape index (κ2) is 9.62. The van der Waals surface area contributed by atoms with Crippen LogP contribution in [-0.2, 0) is 16.0 Å². The van der Waals surface area contributed by atoms with Crippen LogP contribution in [-0.4, -0.2) is 22.7 Å². The van der Waals surface area contributed by atoms with Crippen LogP contribution < -0.4 is 0 Å². The van der Waals surface area contributed by atoms with Gasteiger partial charge in [0, 0.05) is 24.3 Å². The summed E-state index contributed by atoms with van der Waals surface area (Å²) in [6, 6.07) is 21.4. The molecule has 3 rings (SSSR count). The standard InChI is InChI=1S/C24H23NO3/c1-18(26)21-8-5-9-22(16-21)23-12-10-20(17-25-23)11-13-24(27)28-15-14-19-6-3-2-4-7-19/h2-13,16-18,26H,14-15H2,1H3/b13-11+/t18-/m1/s1. The van der Waals surface area contributed by atoms with Gasteiger partial charge in [-0.15, -0.1) is 0 Å². The maximum absolute atomic E-state index is 11.8. The maximum Gasteiger partial charge on any atom is 0.330 e. The molecule has 0 amide bonds. The van der Waals surface area contributed by atoms with Gasteiger partial charge < -0.3 is 9.84 Å². The number of carbonyl (C=O) groups is 1. The number of hydrogen-bond donors (Lipinski definition) is 1. The molecule has 4 heteroatoms. The van der Waals surface area contributed by atoms with E-state index < -0.39 is 6.10 Å². The van der Waals surface area contributed by atoms with Crippen molar-refractivity contribution < 1.29 is 14.6 Å². The van der Waals surface area contributed by atoms with Crippen molar-refractivity contribution in [1.82, 2.24) is 4.98 Å². The molecule has 0 radical (unpaired) electrons. The molecule has 0 aliphatic rings. The van der Waals surface area contributed by atoms with Gasteiger partial charge in [0.15, 0.2) is 0 Å². The minimum Gasteiger partial charge on any atom is -0.462 e. The Balaban J connectivity index is 1.54. The Kier molecular flexibility index (Phi) is 6.71. The molecule has 4 nitrogen and oxygen atoms in total. The van der Waals surface area contributed by atoms with Gasteiger partial charge in [0.25, 0.3) is 0 Å². The average molecular weight is 373 g/mol. The summed E-state index contributed by atoms with van der Waals surface area (Å²) >= 11 is 0. The van der Waals surface area contributed by atoms with Crippen molar-refractivity contribution in [2.75, 3.05) is 6.61 Å². The third-order valence-corrected chi connectivity index (χ3v) is 4.34. The Morgan fingerprint density at radius 1 is 1.11 bits per heavy atom. The molecule has 0 saturated heterocycles. The SMILES string of the molecule is C[C@@H](O)c1cccc(-c2ccc(/C=C/C(=O)OCCc3ccccc3)cn2)c1. The normalized spacial score (nSPS) is 12.1. The summed E-state index contributed by atoms with van der Waals surface area (Å²) in [6.07, 6.45) is 4.99. The first-order valence-corrected chi connectivity index (χ1v) is 9.25. The van der Waals surface area contributed by atoms with Gasteiger partial charge in [-0.25, -0.2) is 4.79 Å². The highest BCUT2D eigenvalue weighted by Crippen LogP contribution is 2.22. The molecule has 0 unspecified atom stereocenters. The Morgan fingerprint density at radius 2 is 1.93 bits per heavy atom. The molecule has 1 aromatic heterocycles. The molecule has 1 N–H and O–H groups in total. The highest BCUT2D eigenvalue weighted by atomic mass is 16.5. The lowest BCUT2D eigenvalue weighted by molar-refractivity contribution is -0.137. The van der Waals surface area contributed by atoms with Crippen LogP contribution in [0.2, 0.25) is 0 Å². The predicted molar refractivity (Wildman–Crippen MR) is 110 cm³/mol. The van der Waals surface area contributed by atoms with Gasteiger partial charge in [0.1, 0.15) is 0 Å². The van der Waals surface area contributed by atoms with Crippen molar-refractivity contribution in [2.45, 2.75) is 19.4 Å². The van der Waals surface area contributed by atoms with E-state index in [1.54, 1.807) is 19.2 Å². The van der Waals surface area contributed by atoms with Gasteiger partial charge >= 0.3 is 5.97 Å². The van der Waals surface area contributed by atoms with Crippen LogP contribution in [0.15, 0.2) is 79.0 Å². The summed E-state index contributed by atoms with van der Waals surface area (Å²) in [5.74, 6) is -0.371. The zero-order valence-corrected chi connectivity index (χ0v) is 15.8. The molecule has 1 heterocycles. The van der Waals surface area contributed by atoms with Gasteiger partial charge in [0.2, 0.25) is 0 Å². The van der Waals surface area contributed by atoms with E-state index in [9.17, 15) is 9.90 Å². The Morgan fingerprint density at radius 3 is 2.64 bits per heavy atom.